The van der Waals surface area contributed by atoms with Crippen LogP contribution in [0.5, 0.6) is 5.75 Å². The van der Waals surface area contributed by atoms with Crippen LogP contribution in [0.1, 0.15) is 56.7 Å². The van der Waals surface area contributed by atoms with E-state index in [1.54, 1.807) is 0 Å². The zero-order valence-corrected chi connectivity index (χ0v) is 18.8. The normalized spacial score (nSPS) is 14.8. The van der Waals surface area contributed by atoms with Crippen molar-refractivity contribution >= 4 is 11.0 Å². The van der Waals surface area contributed by atoms with Crippen LogP contribution in [0.3, 0.4) is 0 Å². The van der Waals surface area contributed by atoms with E-state index in [1.807, 2.05) is 56.3 Å². The Morgan fingerprint density at radius 3 is 2.38 bits per heavy atom. The van der Waals surface area contributed by atoms with Gasteiger partial charge in [0.25, 0.3) is 0 Å². The molecule has 0 atom stereocenters. The van der Waals surface area contributed by atoms with Crippen molar-refractivity contribution < 1.29 is 9.84 Å². The monoisotopic (exact) mass is 426 g/mol. The quantitative estimate of drug-likeness (QED) is 0.377. The highest BCUT2D eigenvalue weighted by molar-refractivity contribution is 5.82. The van der Waals surface area contributed by atoms with Gasteiger partial charge in [-0.25, -0.2) is 4.98 Å². The van der Waals surface area contributed by atoms with Crippen LogP contribution in [0.2, 0.25) is 0 Å². The van der Waals surface area contributed by atoms with Gasteiger partial charge in [0.2, 0.25) is 0 Å². The second-order valence-electron chi connectivity index (χ2n) is 9.30. The molecule has 0 radical (unpaired) electrons. The molecule has 3 aromatic carbocycles. The fourth-order valence-electron chi connectivity index (χ4n) is 4.66. The number of aromatic nitrogens is 2. The molecule has 0 unspecified atom stereocenters. The van der Waals surface area contributed by atoms with Gasteiger partial charge in [-0.3, -0.25) is 0 Å². The number of ether oxygens (including phenoxy) is 1. The molecule has 5 rings (SSSR count). The van der Waals surface area contributed by atoms with E-state index < -0.39 is 5.60 Å². The lowest BCUT2D eigenvalue weighted by Crippen LogP contribution is -2.15. The van der Waals surface area contributed by atoms with E-state index in [-0.39, 0.29) is 0 Å². The lowest BCUT2D eigenvalue weighted by atomic mass is 9.98. The van der Waals surface area contributed by atoms with Crippen molar-refractivity contribution in [2.24, 2.45) is 0 Å². The lowest BCUT2D eigenvalue weighted by Gasteiger charge is -2.19. The molecule has 1 aliphatic rings. The Kier molecular flexibility index (Phi) is 5.48. The number of aliphatic hydroxyl groups is 1. The molecule has 1 N–H and O–H groups in total. The number of nitrogens with zero attached hydrogens (tertiary/aromatic N) is 2. The van der Waals surface area contributed by atoms with Gasteiger partial charge in [0, 0.05) is 11.6 Å². The molecule has 1 saturated carbocycles. The number of rotatable bonds is 6. The lowest BCUT2D eigenvalue weighted by molar-refractivity contribution is 0.0787. The minimum atomic E-state index is -0.886. The molecule has 1 aliphatic carbocycles. The first-order valence-electron chi connectivity index (χ1n) is 11.5. The van der Waals surface area contributed by atoms with Crippen molar-refractivity contribution in [2.75, 3.05) is 0 Å². The summed E-state index contributed by atoms with van der Waals surface area (Å²) in [6, 6.07) is 25.1. The largest absolute Gasteiger partial charge is 0.489 e. The summed E-state index contributed by atoms with van der Waals surface area (Å²) in [6.07, 6.45) is 4.89. The van der Waals surface area contributed by atoms with E-state index >= 15 is 0 Å². The van der Waals surface area contributed by atoms with Gasteiger partial charge in [-0.2, -0.15) is 0 Å². The van der Waals surface area contributed by atoms with Gasteiger partial charge < -0.3 is 14.4 Å². The average molecular weight is 427 g/mol. The highest BCUT2D eigenvalue weighted by Gasteiger charge is 2.25. The SMILES string of the molecule is CC(C)(O)c1ccc2c(c1)nc(-c1ccc(OCc3ccccc3)cc1)n2C1CCCC1. The molecule has 164 valence electrons. The minimum Gasteiger partial charge on any atom is -0.489 e. The van der Waals surface area contributed by atoms with E-state index in [0.717, 1.165) is 39.3 Å². The summed E-state index contributed by atoms with van der Waals surface area (Å²) in [4.78, 5) is 5.04. The Labute approximate surface area is 189 Å². The number of hydrogen-bond acceptors (Lipinski definition) is 3. The molecule has 0 amide bonds. The van der Waals surface area contributed by atoms with Gasteiger partial charge in [-0.1, -0.05) is 49.2 Å². The molecule has 1 aromatic heterocycles. The molecule has 4 aromatic rings. The summed E-state index contributed by atoms with van der Waals surface area (Å²) in [7, 11) is 0. The van der Waals surface area contributed by atoms with E-state index in [4.69, 9.17) is 9.72 Å². The first-order valence-corrected chi connectivity index (χ1v) is 11.5. The Morgan fingerprint density at radius 2 is 1.69 bits per heavy atom. The molecular formula is C28H30N2O2. The third kappa shape index (κ3) is 4.15. The molecule has 0 spiro atoms. The Hall–Kier alpha value is -3.11. The van der Waals surface area contributed by atoms with E-state index in [9.17, 15) is 5.11 Å². The maximum absolute atomic E-state index is 10.5. The first-order chi connectivity index (χ1) is 15.5. The zero-order chi connectivity index (χ0) is 22.1. The number of imidazole rings is 1. The Morgan fingerprint density at radius 1 is 0.969 bits per heavy atom. The van der Waals surface area contributed by atoms with Crippen molar-refractivity contribution in [1.29, 1.82) is 0 Å². The fourth-order valence-corrected chi connectivity index (χ4v) is 4.66. The standard InChI is InChI=1S/C28H30N2O2/c1-28(2,31)22-14-17-26-25(18-22)29-27(30(26)23-10-6-7-11-23)21-12-15-24(16-13-21)32-19-20-8-4-3-5-9-20/h3-5,8-9,12-18,23,31H,6-7,10-11,19H2,1-2H3. The van der Waals surface area contributed by atoms with Crippen LogP contribution in [0.25, 0.3) is 22.4 Å². The van der Waals surface area contributed by atoms with Gasteiger partial charge in [0.05, 0.1) is 16.6 Å². The van der Waals surface area contributed by atoms with Gasteiger partial charge >= 0.3 is 0 Å². The number of fused-ring (bicyclic) bond motifs is 1. The molecule has 32 heavy (non-hydrogen) atoms. The second-order valence-corrected chi connectivity index (χ2v) is 9.30. The highest BCUT2D eigenvalue weighted by atomic mass is 16.5. The molecule has 1 heterocycles. The van der Waals surface area contributed by atoms with Crippen LogP contribution in [0, 0.1) is 0 Å². The third-order valence-electron chi connectivity index (χ3n) is 6.45. The maximum atomic E-state index is 10.5. The van der Waals surface area contributed by atoms with Crippen LogP contribution in [0.15, 0.2) is 72.8 Å². The van der Waals surface area contributed by atoms with Gasteiger partial charge in [-0.05, 0) is 74.2 Å². The first kappa shape index (κ1) is 20.8. The van der Waals surface area contributed by atoms with Gasteiger partial charge in [0.1, 0.15) is 18.2 Å². The van der Waals surface area contributed by atoms with E-state index in [1.165, 1.54) is 25.7 Å². The predicted molar refractivity (Wildman–Crippen MR) is 129 cm³/mol. The summed E-state index contributed by atoms with van der Waals surface area (Å²) in [5.74, 6) is 1.85. The zero-order valence-electron chi connectivity index (χ0n) is 18.8. The average Bonchev–Trinajstić information content (AvgIpc) is 3.45. The predicted octanol–water partition coefficient (Wildman–Crippen LogP) is 6.62. The number of benzene rings is 3. The van der Waals surface area contributed by atoms with E-state index in [0.29, 0.717) is 12.6 Å². The van der Waals surface area contributed by atoms with Crippen molar-refractivity contribution in [1.82, 2.24) is 9.55 Å². The summed E-state index contributed by atoms with van der Waals surface area (Å²) in [5.41, 5.74) is 4.33. The molecule has 4 heteroatoms. The van der Waals surface area contributed by atoms with Crippen molar-refractivity contribution in [3.05, 3.63) is 83.9 Å². The summed E-state index contributed by atoms with van der Waals surface area (Å²) >= 11 is 0. The molecule has 1 fully saturated rings. The minimum absolute atomic E-state index is 0.469. The van der Waals surface area contributed by atoms with Crippen LogP contribution in [-0.2, 0) is 12.2 Å². The molecular weight excluding hydrogens is 396 g/mol. The smallest absolute Gasteiger partial charge is 0.141 e. The molecule has 4 nitrogen and oxygen atoms in total. The maximum Gasteiger partial charge on any atom is 0.141 e. The van der Waals surface area contributed by atoms with Crippen molar-refractivity contribution in [3.8, 4) is 17.1 Å². The Bertz CT molecular complexity index is 1200. The van der Waals surface area contributed by atoms with Crippen LogP contribution >= 0.6 is 0 Å². The summed E-state index contributed by atoms with van der Waals surface area (Å²) < 4.78 is 8.38. The van der Waals surface area contributed by atoms with Crippen LogP contribution < -0.4 is 4.74 Å². The van der Waals surface area contributed by atoms with Crippen LogP contribution in [0.4, 0.5) is 0 Å². The van der Waals surface area contributed by atoms with Gasteiger partial charge in [-0.15, -0.1) is 0 Å². The topological polar surface area (TPSA) is 47.3 Å². The summed E-state index contributed by atoms with van der Waals surface area (Å²) in [6.45, 7) is 4.19. The molecule has 0 aliphatic heterocycles. The Balaban J connectivity index is 1.48. The molecule has 0 bridgehead atoms. The van der Waals surface area contributed by atoms with Gasteiger partial charge in [0.15, 0.2) is 0 Å². The summed E-state index contributed by atoms with van der Waals surface area (Å²) in [5, 5.41) is 10.5. The third-order valence-corrected chi connectivity index (χ3v) is 6.45. The molecule has 0 saturated heterocycles. The van der Waals surface area contributed by atoms with Crippen LogP contribution in [-0.4, -0.2) is 14.7 Å². The van der Waals surface area contributed by atoms with Crippen molar-refractivity contribution in [3.63, 3.8) is 0 Å². The van der Waals surface area contributed by atoms with Crippen molar-refractivity contribution in [2.45, 2.75) is 57.8 Å². The number of hydrogen-bond donors (Lipinski definition) is 1. The second kappa shape index (κ2) is 8.44. The van der Waals surface area contributed by atoms with E-state index in [2.05, 4.69) is 34.9 Å². The highest BCUT2D eigenvalue weighted by Crippen LogP contribution is 2.38. The fraction of sp³-hybridized carbons (Fsp3) is 0.321.